The van der Waals surface area contributed by atoms with E-state index in [1.165, 1.54) is 6.07 Å². The van der Waals surface area contributed by atoms with Gasteiger partial charge in [0, 0.05) is 25.0 Å². The van der Waals surface area contributed by atoms with Crippen LogP contribution in [0.1, 0.15) is 19.5 Å². The van der Waals surface area contributed by atoms with Gasteiger partial charge in [0.1, 0.15) is 5.82 Å². The maximum Gasteiger partial charge on any atom is 0.148 e. The van der Waals surface area contributed by atoms with E-state index in [1.54, 1.807) is 12.3 Å². The Hall–Kier alpha value is -2.04. The predicted octanol–water partition coefficient (Wildman–Crippen LogP) is 3.01. The molecule has 0 aliphatic rings. The van der Waals surface area contributed by atoms with Gasteiger partial charge in [-0.1, -0.05) is 0 Å². The van der Waals surface area contributed by atoms with Crippen molar-refractivity contribution in [3.05, 3.63) is 42.0 Å². The van der Waals surface area contributed by atoms with Crippen LogP contribution in [0.15, 0.2) is 30.5 Å². The number of aromatic nitrogens is 2. The summed E-state index contributed by atoms with van der Waals surface area (Å²) >= 11 is 0. The summed E-state index contributed by atoms with van der Waals surface area (Å²) in [5, 5.41) is 9.87. The van der Waals surface area contributed by atoms with E-state index in [0.717, 1.165) is 11.4 Å². The third-order valence-electron chi connectivity index (χ3n) is 3.14. The topological polar surface area (TPSA) is 44.0 Å². The van der Waals surface area contributed by atoms with Crippen LogP contribution in [0.25, 0.3) is 0 Å². The van der Waals surface area contributed by atoms with Crippen molar-refractivity contribution in [2.45, 2.75) is 26.4 Å². The molecule has 2 rings (SSSR count). The van der Waals surface area contributed by atoms with Crippen LogP contribution in [0.5, 0.6) is 0 Å². The zero-order chi connectivity index (χ0) is 13.8. The maximum absolute atomic E-state index is 14.0. The number of anilines is 2. The normalized spacial score (nSPS) is 10.8. The number of nitrogens with zero attached hydrogens (tertiary/aromatic N) is 2. The molecular formula is C14H19FN4. The van der Waals surface area contributed by atoms with Crippen LogP contribution < -0.4 is 10.2 Å². The highest BCUT2D eigenvalue weighted by atomic mass is 19.1. The standard InChI is InChI=1S/C14H19FN4/c1-10(2)19(3)14-5-4-11(8-13(14)15)16-9-12-6-7-17-18-12/h4-8,10,16H,9H2,1-3H3,(H,17,18). The Morgan fingerprint density at radius 1 is 1.37 bits per heavy atom. The third-order valence-corrected chi connectivity index (χ3v) is 3.14. The number of nitrogens with one attached hydrogen (secondary N) is 2. The molecule has 1 aromatic carbocycles. The van der Waals surface area contributed by atoms with Gasteiger partial charge in [-0.2, -0.15) is 5.10 Å². The fraction of sp³-hybridized carbons (Fsp3) is 0.357. The molecule has 1 heterocycles. The SMILES string of the molecule is CC(C)N(C)c1ccc(NCc2ccn[nH]2)cc1F. The average Bonchev–Trinajstić information content (AvgIpc) is 2.88. The fourth-order valence-corrected chi connectivity index (χ4v) is 1.76. The number of benzene rings is 1. The minimum absolute atomic E-state index is 0.217. The van der Waals surface area contributed by atoms with Crippen molar-refractivity contribution < 1.29 is 4.39 Å². The summed E-state index contributed by atoms with van der Waals surface area (Å²) in [5.41, 5.74) is 2.33. The van der Waals surface area contributed by atoms with Crippen LogP contribution >= 0.6 is 0 Å². The molecule has 102 valence electrons. The van der Waals surface area contributed by atoms with Crippen LogP contribution in [0.3, 0.4) is 0 Å². The highest BCUT2D eigenvalue weighted by Crippen LogP contribution is 2.23. The van der Waals surface area contributed by atoms with Crippen LogP contribution in [-0.2, 0) is 6.54 Å². The largest absolute Gasteiger partial charge is 0.379 e. The Bertz CT molecular complexity index is 522. The van der Waals surface area contributed by atoms with E-state index in [9.17, 15) is 4.39 Å². The lowest BCUT2D eigenvalue weighted by molar-refractivity contribution is 0.614. The van der Waals surface area contributed by atoms with Gasteiger partial charge >= 0.3 is 0 Å². The molecule has 0 amide bonds. The molecule has 0 unspecified atom stereocenters. The molecule has 2 N–H and O–H groups in total. The molecule has 0 atom stereocenters. The fourth-order valence-electron chi connectivity index (χ4n) is 1.76. The first kappa shape index (κ1) is 13.4. The second-order valence-corrected chi connectivity index (χ2v) is 4.81. The van der Waals surface area contributed by atoms with E-state index in [1.807, 2.05) is 37.9 Å². The molecule has 5 heteroatoms. The van der Waals surface area contributed by atoms with Gasteiger partial charge in [-0.3, -0.25) is 5.10 Å². The molecule has 1 aromatic heterocycles. The Balaban J connectivity index is 2.06. The highest BCUT2D eigenvalue weighted by Gasteiger charge is 2.10. The summed E-state index contributed by atoms with van der Waals surface area (Å²) in [6.07, 6.45) is 1.69. The monoisotopic (exact) mass is 262 g/mol. The van der Waals surface area contributed by atoms with E-state index in [-0.39, 0.29) is 11.9 Å². The van der Waals surface area contributed by atoms with E-state index >= 15 is 0 Å². The smallest absolute Gasteiger partial charge is 0.148 e. The molecule has 0 saturated heterocycles. The molecule has 0 bridgehead atoms. The van der Waals surface area contributed by atoms with Crippen LogP contribution in [0.2, 0.25) is 0 Å². The summed E-state index contributed by atoms with van der Waals surface area (Å²) < 4.78 is 14.0. The Morgan fingerprint density at radius 3 is 2.74 bits per heavy atom. The molecule has 0 aliphatic carbocycles. The van der Waals surface area contributed by atoms with Crippen molar-refractivity contribution in [3.8, 4) is 0 Å². The molecular weight excluding hydrogens is 243 g/mol. The molecule has 0 radical (unpaired) electrons. The summed E-state index contributed by atoms with van der Waals surface area (Å²) in [7, 11) is 1.89. The number of rotatable bonds is 5. The van der Waals surface area contributed by atoms with Gasteiger partial charge in [-0.05, 0) is 38.1 Å². The van der Waals surface area contributed by atoms with Crippen LogP contribution in [0.4, 0.5) is 15.8 Å². The van der Waals surface area contributed by atoms with Gasteiger partial charge in [-0.25, -0.2) is 4.39 Å². The first-order valence-corrected chi connectivity index (χ1v) is 6.32. The molecule has 2 aromatic rings. The van der Waals surface area contributed by atoms with Crippen molar-refractivity contribution in [3.63, 3.8) is 0 Å². The summed E-state index contributed by atoms with van der Waals surface area (Å²) in [4.78, 5) is 1.91. The van der Waals surface area contributed by atoms with Gasteiger partial charge < -0.3 is 10.2 Å². The Morgan fingerprint density at radius 2 is 2.16 bits per heavy atom. The van der Waals surface area contributed by atoms with E-state index < -0.39 is 0 Å². The zero-order valence-electron chi connectivity index (χ0n) is 11.4. The summed E-state index contributed by atoms with van der Waals surface area (Å²) in [6, 6.07) is 7.34. The molecule has 4 nitrogen and oxygen atoms in total. The maximum atomic E-state index is 14.0. The van der Waals surface area contributed by atoms with Crippen molar-refractivity contribution in [2.24, 2.45) is 0 Å². The lowest BCUT2D eigenvalue weighted by Gasteiger charge is -2.24. The van der Waals surface area contributed by atoms with E-state index in [0.29, 0.717) is 12.2 Å². The number of halogens is 1. The Labute approximate surface area is 112 Å². The molecule has 19 heavy (non-hydrogen) atoms. The minimum atomic E-state index is -0.217. The van der Waals surface area contributed by atoms with Crippen molar-refractivity contribution >= 4 is 11.4 Å². The molecule has 0 aliphatic heterocycles. The second-order valence-electron chi connectivity index (χ2n) is 4.81. The average molecular weight is 262 g/mol. The van der Waals surface area contributed by atoms with Crippen LogP contribution in [-0.4, -0.2) is 23.3 Å². The van der Waals surface area contributed by atoms with Gasteiger partial charge in [0.05, 0.1) is 17.9 Å². The predicted molar refractivity (Wildman–Crippen MR) is 75.9 cm³/mol. The van der Waals surface area contributed by atoms with Gasteiger partial charge in [0.2, 0.25) is 0 Å². The quantitative estimate of drug-likeness (QED) is 0.870. The lowest BCUT2D eigenvalue weighted by Crippen LogP contribution is -2.26. The highest BCUT2D eigenvalue weighted by molar-refractivity contribution is 5.56. The van der Waals surface area contributed by atoms with Gasteiger partial charge in [0.25, 0.3) is 0 Å². The summed E-state index contributed by atoms with van der Waals surface area (Å²) in [6.45, 7) is 4.66. The first-order valence-electron chi connectivity index (χ1n) is 6.32. The Kier molecular flexibility index (Phi) is 4.04. The molecule has 0 saturated carbocycles. The summed E-state index contributed by atoms with van der Waals surface area (Å²) in [5.74, 6) is -0.217. The van der Waals surface area contributed by atoms with Crippen molar-refractivity contribution in [1.29, 1.82) is 0 Å². The first-order chi connectivity index (χ1) is 9.08. The number of aromatic amines is 1. The lowest BCUT2D eigenvalue weighted by atomic mass is 10.2. The molecule has 0 spiro atoms. The second kappa shape index (κ2) is 5.73. The number of hydrogen-bond donors (Lipinski definition) is 2. The number of hydrogen-bond acceptors (Lipinski definition) is 3. The van der Waals surface area contributed by atoms with Crippen molar-refractivity contribution in [1.82, 2.24) is 10.2 Å². The zero-order valence-corrected chi connectivity index (χ0v) is 11.4. The van der Waals surface area contributed by atoms with Gasteiger partial charge in [-0.15, -0.1) is 0 Å². The van der Waals surface area contributed by atoms with E-state index in [2.05, 4.69) is 15.5 Å². The number of H-pyrrole nitrogens is 1. The van der Waals surface area contributed by atoms with Crippen LogP contribution in [0, 0.1) is 5.82 Å². The van der Waals surface area contributed by atoms with E-state index in [4.69, 9.17) is 0 Å². The third kappa shape index (κ3) is 3.24. The van der Waals surface area contributed by atoms with Gasteiger partial charge in [0.15, 0.2) is 0 Å². The van der Waals surface area contributed by atoms with Crippen molar-refractivity contribution in [2.75, 3.05) is 17.3 Å². The minimum Gasteiger partial charge on any atom is -0.379 e. The molecule has 0 fully saturated rings.